The summed E-state index contributed by atoms with van der Waals surface area (Å²) in [4.78, 5) is 17.7. The highest BCUT2D eigenvalue weighted by atomic mass is 16.5. The van der Waals surface area contributed by atoms with E-state index in [0.29, 0.717) is 6.54 Å². The molecule has 1 N–H and O–H groups in total. The van der Waals surface area contributed by atoms with Crippen LogP contribution in [0.5, 0.6) is 5.75 Å². The van der Waals surface area contributed by atoms with Gasteiger partial charge >= 0.3 is 0 Å². The summed E-state index contributed by atoms with van der Waals surface area (Å²) in [5, 5.41) is 5.37. The van der Waals surface area contributed by atoms with Crippen molar-refractivity contribution in [3.63, 3.8) is 0 Å². The van der Waals surface area contributed by atoms with Gasteiger partial charge in [-0.1, -0.05) is 42.5 Å². The van der Waals surface area contributed by atoms with Gasteiger partial charge in [0.05, 0.1) is 13.0 Å². The topological polar surface area (TPSA) is 44.8 Å². The van der Waals surface area contributed by atoms with E-state index >= 15 is 0 Å². The van der Waals surface area contributed by atoms with Gasteiger partial charge in [0.15, 0.2) is 0 Å². The van der Waals surface area contributed by atoms with Crippen LogP contribution in [0.4, 0.5) is 5.69 Å². The number of hydrogen-bond donors (Lipinski definition) is 1. The first-order valence-electron chi connectivity index (χ1n) is 10.9. The molecule has 1 saturated heterocycles. The van der Waals surface area contributed by atoms with Crippen LogP contribution in [0, 0.1) is 0 Å². The van der Waals surface area contributed by atoms with Crippen LogP contribution in [-0.4, -0.2) is 51.1 Å². The first-order chi connectivity index (χ1) is 15.0. The smallest absolute Gasteiger partial charge is 0.227 e. The van der Waals surface area contributed by atoms with E-state index in [1.807, 2.05) is 37.3 Å². The second-order valence-electron chi connectivity index (χ2n) is 8.33. The molecule has 0 aromatic heterocycles. The van der Waals surface area contributed by atoms with E-state index in [1.54, 1.807) is 7.11 Å². The highest BCUT2D eigenvalue weighted by Crippen LogP contribution is 2.26. The fraction of sp³-hybridized carbons (Fsp3) is 0.346. The number of nitrogens with one attached hydrogen (secondary N) is 1. The molecule has 3 aromatic rings. The predicted molar refractivity (Wildman–Crippen MR) is 127 cm³/mol. The molecule has 162 valence electrons. The van der Waals surface area contributed by atoms with E-state index in [0.717, 1.165) is 48.3 Å². The Balaban J connectivity index is 1.44. The highest BCUT2D eigenvalue weighted by Gasteiger charge is 2.19. The van der Waals surface area contributed by atoms with Crippen molar-refractivity contribution in [2.75, 3.05) is 45.2 Å². The van der Waals surface area contributed by atoms with Crippen molar-refractivity contribution in [3.05, 3.63) is 71.8 Å². The number of amides is 1. The van der Waals surface area contributed by atoms with Crippen molar-refractivity contribution in [2.24, 2.45) is 0 Å². The summed E-state index contributed by atoms with van der Waals surface area (Å²) in [6, 6.07) is 20.6. The van der Waals surface area contributed by atoms with Gasteiger partial charge in [0.2, 0.25) is 5.91 Å². The van der Waals surface area contributed by atoms with E-state index in [2.05, 4.69) is 52.5 Å². The number of hydrogen-bond acceptors (Lipinski definition) is 4. The number of carbonyl (C=O) groups is 1. The molecule has 1 heterocycles. The van der Waals surface area contributed by atoms with E-state index in [9.17, 15) is 4.79 Å². The van der Waals surface area contributed by atoms with Gasteiger partial charge in [-0.05, 0) is 54.1 Å². The van der Waals surface area contributed by atoms with Crippen LogP contribution in [0.2, 0.25) is 0 Å². The monoisotopic (exact) mass is 417 g/mol. The number of rotatable bonds is 6. The van der Waals surface area contributed by atoms with Crippen molar-refractivity contribution in [2.45, 2.75) is 19.4 Å². The Morgan fingerprint density at radius 3 is 2.48 bits per heavy atom. The number of carbonyl (C=O) groups excluding carboxylic acids is 1. The number of likely N-dealkylation sites (N-methyl/N-ethyl adjacent to an activating group) is 1. The fourth-order valence-electron chi connectivity index (χ4n) is 4.14. The molecule has 0 bridgehead atoms. The molecule has 1 amide bonds. The first-order valence-corrected chi connectivity index (χ1v) is 10.9. The lowest BCUT2D eigenvalue weighted by molar-refractivity contribution is -0.122. The molecule has 0 unspecified atom stereocenters. The minimum atomic E-state index is -0.220. The van der Waals surface area contributed by atoms with Crippen molar-refractivity contribution in [3.8, 4) is 5.75 Å². The molecule has 0 spiro atoms. The second kappa shape index (κ2) is 9.40. The maximum absolute atomic E-state index is 12.9. The third kappa shape index (κ3) is 4.83. The highest BCUT2D eigenvalue weighted by molar-refractivity contribution is 5.88. The second-order valence-corrected chi connectivity index (χ2v) is 8.33. The number of anilines is 1. The molecule has 1 atom stereocenters. The number of para-hydroxylation sites is 1. The van der Waals surface area contributed by atoms with Crippen LogP contribution in [-0.2, 0) is 11.3 Å². The Bertz CT molecular complexity index is 1060. The molecule has 4 rings (SSSR count). The Morgan fingerprint density at radius 1 is 1.00 bits per heavy atom. The average molecular weight is 418 g/mol. The predicted octanol–water partition coefficient (Wildman–Crippen LogP) is 4.02. The number of piperazine rings is 1. The summed E-state index contributed by atoms with van der Waals surface area (Å²) in [7, 11) is 3.83. The third-order valence-electron chi connectivity index (χ3n) is 6.25. The van der Waals surface area contributed by atoms with Crippen LogP contribution < -0.4 is 15.0 Å². The number of methoxy groups -OCH3 is 1. The van der Waals surface area contributed by atoms with Gasteiger partial charge in [0.25, 0.3) is 0 Å². The largest absolute Gasteiger partial charge is 0.497 e. The average Bonchev–Trinajstić information content (AvgIpc) is 2.82. The first kappa shape index (κ1) is 21.2. The molecule has 1 fully saturated rings. The maximum atomic E-state index is 12.9. The normalized spacial score (nSPS) is 15.6. The summed E-state index contributed by atoms with van der Waals surface area (Å²) in [5.74, 6) is 0.661. The number of benzene rings is 3. The van der Waals surface area contributed by atoms with Gasteiger partial charge in [-0.15, -0.1) is 0 Å². The summed E-state index contributed by atoms with van der Waals surface area (Å²) in [6.45, 7) is 6.65. The van der Waals surface area contributed by atoms with Crippen LogP contribution in [0.25, 0.3) is 10.8 Å². The zero-order valence-corrected chi connectivity index (χ0v) is 18.6. The van der Waals surface area contributed by atoms with Crippen LogP contribution in [0.1, 0.15) is 24.0 Å². The van der Waals surface area contributed by atoms with Crippen molar-refractivity contribution in [1.29, 1.82) is 0 Å². The molecule has 5 nitrogen and oxygen atoms in total. The number of ether oxygens (including phenoxy) is 1. The molecule has 0 aliphatic carbocycles. The molecule has 1 aliphatic heterocycles. The van der Waals surface area contributed by atoms with Crippen LogP contribution >= 0.6 is 0 Å². The number of nitrogens with zero attached hydrogens (tertiary/aromatic N) is 2. The van der Waals surface area contributed by atoms with Gasteiger partial charge in [0.1, 0.15) is 5.75 Å². The van der Waals surface area contributed by atoms with Gasteiger partial charge < -0.3 is 19.9 Å². The molecular weight excluding hydrogens is 386 g/mol. The SMILES string of the molecule is COc1ccc2cc([C@H](C)C(=O)NCc3ccccc3N3CCN(C)CC3)ccc2c1. The standard InChI is InChI=1S/C26H31N3O2/c1-19(20-8-9-22-17-24(31-3)11-10-21(22)16-20)26(30)27-18-23-6-4-5-7-25(23)29-14-12-28(2)13-15-29/h4-11,16-17,19H,12-15,18H2,1-3H3,(H,27,30)/t19-/m0/s1. The fourth-order valence-corrected chi connectivity index (χ4v) is 4.14. The van der Waals surface area contributed by atoms with Crippen LogP contribution in [0.15, 0.2) is 60.7 Å². The minimum absolute atomic E-state index is 0.0426. The Hall–Kier alpha value is -3.05. The summed E-state index contributed by atoms with van der Waals surface area (Å²) < 4.78 is 5.30. The Morgan fingerprint density at radius 2 is 1.71 bits per heavy atom. The van der Waals surface area contributed by atoms with Gasteiger partial charge in [-0.2, -0.15) is 0 Å². The zero-order valence-electron chi connectivity index (χ0n) is 18.6. The summed E-state index contributed by atoms with van der Waals surface area (Å²) in [6.07, 6.45) is 0. The molecule has 0 radical (unpaired) electrons. The molecular formula is C26H31N3O2. The van der Waals surface area contributed by atoms with E-state index in [1.165, 1.54) is 11.3 Å². The maximum Gasteiger partial charge on any atom is 0.227 e. The quantitative estimate of drug-likeness (QED) is 0.658. The lowest BCUT2D eigenvalue weighted by Crippen LogP contribution is -2.45. The minimum Gasteiger partial charge on any atom is -0.497 e. The van der Waals surface area contributed by atoms with E-state index in [-0.39, 0.29) is 11.8 Å². The van der Waals surface area contributed by atoms with Crippen molar-refractivity contribution < 1.29 is 9.53 Å². The van der Waals surface area contributed by atoms with E-state index in [4.69, 9.17) is 4.74 Å². The molecule has 3 aromatic carbocycles. The molecule has 0 saturated carbocycles. The van der Waals surface area contributed by atoms with E-state index < -0.39 is 0 Å². The number of fused-ring (bicyclic) bond motifs is 1. The Labute approximate surface area is 184 Å². The van der Waals surface area contributed by atoms with Crippen LogP contribution in [0.3, 0.4) is 0 Å². The zero-order chi connectivity index (χ0) is 21.8. The van der Waals surface area contributed by atoms with Crippen molar-refractivity contribution >= 4 is 22.4 Å². The van der Waals surface area contributed by atoms with Gasteiger partial charge in [0, 0.05) is 38.4 Å². The molecule has 1 aliphatic rings. The lowest BCUT2D eigenvalue weighted by Gasteiger charge is -2.35. The Kier molecular flexibility index (Phi) is 6.42. The molecule has 5 heteroatoms. The van der Waals surface area contributed by atoms with Gasteiger partial charge in [-0.25, -0.2) is 0 Å². The van der Waals surface area contributed by atoms with Crippen molar-refractivity contribution in [1.82, 2.24) is 10.2 Å². The third-order valence-corrected chi connectivity index (χ3v) is 6.25. The summed E-state index contributed by atoms with van der Waals surface area (Å²) >= 11 is 0. The summed E-state index contributed by atoms with van der Waals surface area (Å²) in [5.41, 5.74) is 3.41. The van der Waals surface area contributed by atoms with Gasteiger partial charge in [-0.3, -0.25) is 4.79 Å². The lowest BCUT2D eigenvalue weighted by atomic mass is 9.97. The molecule has 31 heavy (non-hydrogen) atoms.